The Balaban J connectivity index is 1.70. The molecule has 3 aliphatic heterocycles. The lowest BCUT2D eigenvalue weighted by atomic mass is 9.78. The molecule has 4 rings (SSSR count). The van der Waals surface area contributed by atoms with Gasteiger partial charge in [0.15, 0.2) is 5.78 Å². The number of amides is 1. The first kappa shape index (κ1) is 57.2. The van der Waals surface area contributed by atoms with E-state index in [1.807, 2.05) is 65.0 Å². The highest BCUT2D eigenvalue weighted by atomic mass is 16.6. The van der Waals surface area contributed by atoms with E-state index in [0.717, 1.165) is 24.0 Å². The van der Waals surface area contributed by atoms with E-state index in [1.54, 1.807) is 28.1 Å². The molecule has 0 aromatic rings. The van der Waals surface area contributed by atoms with E-state index in [4.69, 9.17) is 28.4 Å². The molecule has 0 aromatic carbocycles. The number of carbonyl (C=O) groups is 5. The summed E-state index contributed by atoms with van der Waals surface area (Å²) in [6.45, 7) is 15.5. The van der Waals surface area contributed by atoms with Gasteiger partial charge in [-0.05, 0) is 101 Å². The largest absolute Gasteiger partial charge is 0.460 e. The maximum atomic E-state index is 14.5. The number of Topliss-reactive ketones (excluding diaryl/α,β-unsaturated/α-hetero) is 3. The topological polar surface area (TPSA) is 184 Å². The summed E-state index contributed by atoms with van der Waals surface area (Å²) >= 11 is 0. The molecule has 0 radical (unpaired) electrons. The molecule has 2 N–H and O–H groups in total. The molecule has 1 saturated carbocycles. The average Bonchev–Trinajstić information content (AvgIpc) is 3.32. The summed E-state index contributed by atoms with van der Waals surface area (Å²) in [5.41, 5.74) is 1.73. The highest BCUT2D eigenvalue weighted by Gasteiger charge is 2.53. The van der Waals surface area contributed by atoms with Crippen LogP contribution in [0.1, 0.15) is 132 Å². The van der Waals surface area contributed by atoms with Crippen LogP contribution in [0.15, 0.2) is 47.6 Å². The van der Waals surface area contributed by atoms with Gasteiger partial charge in [0, 0.05) is 64.4 Å². The molecule has 68 heavy (non-hydrogen) atoms. The number of aliphatic hydroxyl groups is 2. The van der Waals surface area contributed by atoms with Crippen molar-refractivity contribution in [3.8, 4) is 0 Å². The van der Waals surface area contributed by atoms with Gasteiger partial charge >= 0.3 is 5.97 Å². The molecule has 0 spiro atoms. The van der Waals surface area contributed by atoms with Crippen molar-refractivity contribution in [3.05, 3.63) is 47.6 Å². The Hall–Kier alpha value is -3.37. The quantitative estimate of drug-likeness (QED) is 0.132. The maximum Gasteiger partial charge on any atom is 0.329 e. The summed E-state index contributed by atoms with van der Waals surface area (Å²) in [7, 11) is 4.78. The van der Waals surface area contributed by atoms with E-state index in [1.165, 1.54) is 12.0 Å². The molecule has 384 valence electrons. The van der Waals surface area contributed by atoms with E-state index >= 15 is 0 Å². The number of hydrogen-bond donors (Lipinski definition) is 2. The zero-order chi connectivity index (χ0) is 50.3. The number of fused-ring (bicyclic) bond motifs is 3. The number of ether oxygens (including phenoxy) is 6. The lowest BCUT2D eigenvalue weighted by Gasteiger charge is -2.42. The van der Waals surface area contributed by atoms with Crippen LogP contribution >= 0.6 is 0 Å². The van der Waals surface area contributed by atoms with Gasteiger partial charge in [-0.2, -0.15) is 0 Å². The Morgan fingerprint density at radius 1 is 0.838 bits per heavy atom. The smallest absolute Gasteiger partial charge is 0.329 e. The molecule has 1 amide bonds. The van der Waals surface area contributed by atoms with E-state index in [2.05, 4.69) is 13.0 Å². The summed E-state index contributed by atoms with van der Waals surface area (Å²) in [5.74, 6) is -7.32. The highest BCUT2D eigenvalue weighted by molar-refractivity contribution is 6.39. The van der Waals surface area contributed by atoms with Crippen LogP contribution in [0.4, 0.5) is 0 Å². The van der Waals surface area contributed by atoms with Crippen molar-refractivity contribution in [1.82, 2.24) is 4.90 Å². The van der Waals surface area contributed by atoms with Crippen LogP contribution < -0.4 is 0 Å². The fourth-order valence-corrected chi connectivity index (χ4v) is 10.7. The SMILES string of the molecule is CO[C@H]1CC2CC[C@@H](C)[C@@](O)(O2)C(=O)C(=O)N2CCCC[C@H]2C(=O)OC([C@H](C)C[C@@H]2CC[C@@H](OCCO)[C@H](OC)C2)CC(=O)[C@H](C)/C=C(\C)[C@@H](C)[C@@H](OC)C(=O)[C@H](C)C[C@H](C)/C=C/C=C/C=C/1C. The van der Waals surface area contributed by atoms with Crippen molar-refractivity contribution < 1.29 is 62.6 Å². The van der Waals surface area contributed by atoms with Crippen LogP contribution in [-0.4, -0.2) is 134 Å². The number of methoxy groups -OCH3 is 3. The zero-order valence-electron chi connectivity index (χ0n) is 43.0. The standard InChI is InChI=1S/C54H85NO13/c1-33-17-13-12-14-18-34(2)46(63-9)31-42-22-20-39(7)54(62,68-42)51(59)52(60)55-24-16-15-19-43(55)53(61)67-47(37(5)29-41-21-23-45(66-26-25-56)48(30-41)64-10)32-44(57)36(4)28-35(3)40(8)50(65-11)49(58)38(6)27-33/h12-14,17-18,28,33,36-43,45-48,50,56,62H,15-16,19-27,29-32H2,1-11H3/b14-12+,17-13+,34-18+,35-28+/t33-,36-,37-,38-,39-,40-,41+,42?,43+,45-,46+,47?,48-,50-,54-/m1/s1. The molecule has 4 aliphatic rings. The Labute approximate surface area is 406 Å². The van der Waals surface area contributed by atoms with Crippen LogP contribution in [0.5, 0.6) is 0 Å². The van der Waals surface area contributed by atoms with Gasteiger partial charge in [0.1, 0.15) is 24.0 Å². The minimum absolute atomic E-state index is 0.00654. The van der Waals surface area contributed by atoms with Gasteiger partial charge in [-0.1, -0.05) is 83.6 Å². The number of aliphatic hydroxyl groups excluding tert-OH is 1. The minimum atomic E-state index is -2.42. The third-order valence-electron chi connectivity index (χ3n) is 15.3. The summed E-state index contributed by atoms with van der Waals surface area (Å²) in [5, 5.41) is 21.3. The van der Waals surface area contributed by atoms with Crippen LogP contribution in [0, 0.1) is 41.4 Å². The number of cyclic esters (lactones) is 1. The first-order valence-corrected chi connectivity index (χ1v) is 25.3. The van der Waals surface area contributed by atoms with Gasteiger partial charge in [0.05, 0.1) is 37.6 Å². The second kappa shape index (κ2) is 27.3. The van der Waals surface area contributed by atoms with Crippen molar-refractivity contribution in [2.24, 2.45) is 41.4 Å². The van der Waals surface area contributed by atoms with Crippen molar-refractivity contribution in [1.29, 1.82) is 0 Å². The molecule has 3 heterocycles. The molecule has 2 bridgehead atoms. The summed E-state index contributed by atoms with van der Waals surface area (Å²) in [6.07, 6.45) is 14.8. The van der Waals surface area contributed by atoms with Crippen molar-refractivity contribution in [3.63, 3.8) is 0 Å². The summed E-state index contributed by atoms with van der Waals surface area (Å²) < 4.78 is 35.9. The van der Waals surface area contributed by atoms with E-state index < -0.39 is 65.7 Å². The molecule has 15 atom stereocenters. The van der Waals surface area contributed by atoms with Crippen LogP contribution in [0.3, 0.4) is 0 Å². The number of nitrogens with zero attached hydrogens (tertiary/aromatic N) is 1. The van der Waals surface area contributed by atoms with Crippen LogP contribution in [-0.2, 0) is 52.4 Å². The Morgan fingerprint density at radius 2 is 1.57 bits per heavy atom. The normalized spacial score (nSPS) is 39.2. The maximum absolute atomic E-state index is 14.5. The number of allylic oxidation sites excluding steroid dienone is 6. The molecule has 14 nitrogen and oxygen atoms in total. The zero-order valence-corrected chi connectivity index (χ0v) is 43.0. The molecular formula is C54H85NO13. The molecule has 0 aromatic heterocycles. The molecule has 1 aliphatic carbocycles. The number of rotatable bonds is 9. The van der Waals surface area contributed by atoms with Gasteiger partial charge in [-0.25, -0.2) is 4.79 Å². The lowest BCUT2D eigenvalue weighted by Crippen LogP contribution is -2.61. The van der Waals surface area contributed by atoms with Crippen molar-refractivity contribution in [2.45, 2.75) is 181 Å². The van der Waals surface area contributed by atoms with Gasteiger partial charge in [-0.15, -0.1) is 0 Å². The molecule has 2 unspecified atom stereocenters. The Morgan fingerprint density at radius 3 is 2.25 bits per heavy atom. The summed E-state index contributed by atoms with van der Waals surface area (Å²) in [4.78, 5) is 72.5. The van der Waals surface area contributed by atoms with Crippen LogP contribution in [0.2, 0.25) is 0 Å². The van der Waals surface area contributed by atoms with Crippen molar-refractivity contribution >= 4 is 29.2 Å². The van der Waals surface area contributed by atoms with Gasteiger partial charge in [-0.3, -0.25) is 19.2 Å². The van der Waals surface area contributed by atoms with Crippen molar-refractivity contribution in [2.75, 3.05) is 41.1 Å². The number of esters is 1. The predicted molar refractivity (Wildman–Crippen MR) is 259 cm³/mol. The highest BCUT2D eigenvalue weighted by Crippen LogP contribution is 2.38. The second-order valence-corrected chi connectivity index (χ2v) is 20.5. The second-order valence-electron chi connectivity index (χ2n) is 20.5. The monoisotopic (exact) mass is 956 g/mol. The number of piperidine rings is 1. The first-order valence-electron chi connectivity index (χ1n) is 25.3. The van der Waals surface area contributed by atoms with E-state index in [-0.39, 0.29) is 86.0 Å². The predicted octanol–water partition coefficient (Wildman–Crippen LogP) is 7.47. The molecular weight excluding hydrogens is 871 g/mol. The average molecular weight is 956 g/mol. The summed E-state index contributed by atoms with van der Waals surface area (Å²) in [6, 6.07) is -1.11. The Kier molecular flexibility index (Phi) is 23.0. The molecule has 14 heteroatoms. The fraction of sp³-hybridized carbons (Fsp3) is 0.759. The van der Waals surface area contributed by atoms with Gasteiger partial charge < -0.3 is 43.5 Å². The third-order valence-corrected chi connectivity index (χ3v) is 15.3. The van der Waals surface area contributed by atoms with Crippen LogP contribution in [0.25, 0.3) is 0 Å². The van der Waals surface area contributed by atoms with Gasteiger partial charge in [0.2, 0.25) is 5.79 Å². The molecule has 3 fully saturated rings. The number of carbonyl (C=O) groups excluding carboxylic acids is 5. The molecule has 2 saturated heterocycles. The van der Waals surface area contributed by atoms with Gasteiger partial charge in [0.25, 0.3) is 11.7 Å². The third kappa shape index (κ3) is 15.3. The van der Waals surface area contributed by atoms with E-state index in [9.17, 15) is 34.2 Å². The lowest BCUT2D eigenvalue weighted by molar-refractivity contribution is -0.265. The minimum Gasteiger partial charge on any atom is -0.460 e. The van der Waals surface area contributed by atoms with E-state index in [0.29, 0.717) is 51.4 Å². The fourth-order valence-electron chi connectivity index (χ4n) is 10.7. The number of ketones is 3. The Bertz CT molecular complexity index is 1810. The first-order chi connectivity index (χ1) is 32.3. The number of hydrogen-bond acceptors (Lipinski definition) is 13.